The normalized spacial score (nSPS) is 16.4. The molecule has 5 heteroatoms. The molecule has 0 bridgehead atoms. The second-order valence-corrected chi connectivity index (χ2v) is 8.00. The minimum absolute atomic E-state index is 0.0571. The third-order valence-corrected chi connectivity index (χ3v) is 6.08. The summed E-state index contributed by atoms with van der Waals surface area (Å²) in [6, 6.07) is 13.2. The smallest absolute Gasteiger partial charge is 0.223 e. The number of anilines is 1. The summed E-state index contributed by atoms with van der Waals surface area (Å²) in [6.07, 6.45) is 5.14. The number of aryl methyl sites for hydroxylation is 2. The number of hydrogen-bond acceptors (Lipinski definition) is 4. The number of nitrogens with zero attached hydrogens (tertiary/aromatic N) is 2. The summed E-state index contributed by atoms with van der Waals surface area (Å²) >= 11 is 0. The highest BCUT2D eigenvalue weighted by Gasteiger charge is 2.22. The highest BCUT2D eigenvalue weighted by Crippen LogP contribution is 2.23. The van der Waals surface area contributed by atoms with Gasteiger partial charge in [-0.05, 0) is 67.1 Å². The first-order valence-corrected chi connectivity index (χ1v) is 10.6. The number of carbonyl (C=O) groups excluding carboxylic acids is 2. The van der Waals surface area contributed by atoms with Gasteiger partial charge in [-0.3, -0.25) is 9.59 Å². The summed E-state index contributed by atoms with van der Waals surface area (Å²) in [5, 5.41) is 9.42. The fourth-order valence-corrected chi connectivity index (χ4v) is 4.31. The molecule has 152 valence electrons. The van der Waals surface area contributed by atoms with Gasteiger partial charge in [0.1, 0.15) is 5.75 Å². The quantitative estimate of drug-likeness (QED) is 0.790. The molecule has 2 aromatic rings. The van der Waals surface area contributed by atoms with E-state index in [2.05, 4.69) is 11.0 Å². The molecule has 2 aromatic carbocycles. The Kier molecular flexibility index (Phi) is 5.84. The van der Waals surface area contributed by atoms with Crippen molar-refractivity contribution >= 4 is 17.4 Å². The summed E-state index contributed by atoms with van der Waals surface area (Å²) in [6.45, 7) is 2.84. The van der Waals surface area contributed by atoms with Crippen molar-refractivity contribution in [3.8, 4) is 5.75 Å². The van der Waals surface area contributed by atoms with Crippen LogP contribution in [0.2, 0.25) is 0 Å². The molecule has 1 aliphatic heterocycles. The number of piperazine rings is 1. The molecule has 0 spiro atoms. The predicted octanol–water partition coefficient (Wildman–Crippen LogP) is 3.58. The lowest BCUT2D eigenvalue weighted by Crippen LogP contribution is -2.48. The van der Waals surface area contributed by atoms with Gasteiger partial charge in [0.25, 0.3) is 0 Å². The molecule has 0 aromatic heterocycles. The van der Waals surface area contributed by atoms with E-state index in [1.165, 1.54) is 24.0 Å². The zero-order chi connectivity index (χ0) is 20.2. The minimum Gasteiger partial charge on any atom is -0.508 e. The number of fused-ring (bicyclic) bond motifs is 1. The monoisotopic (exact) mass is 392 g/mol. The highest BCUT2D eigenvalue weighted by molar-refractivity contribution is 5.98. The lowest BCUT2D eigenvalue weighted by atomic mass is 9.89. The van der Waals surface area contributed by atoms with Crippen molar-refractivity contribution < 1.29 is 14.7 Å². The number of ketones is 1. The average molecular weight is 392 g/mol. The standard InChI is InChI=1S/C24H28N2O3/c27-22-9-7-21(8-10-22)25-13-15-26(16-14-25)24(29)12-11-23(28)20-6-5-18-3-1-2-4-19(18)17-20/h5-10,17,27H,1-4,11-16H2. The van der Waals surface area contributed by atoms with E-state index < -0.39 is 0 Å². The number of aromatic hydroxyl groups is 1. The van der Waals surface area contributed by atoms with Crippen LogP contribution in [0.1, 0.15) is 47.2 Å². The minimum atomic E-state index is 0.0571. The van der Waals surface area contributed by atoms with Crippen molar-refractivity contribution in [3.05, 3.63) is 59.2 Å². The molecule has 1 aliphatic carbocycles. The molecule has 0 unspecified atom stereocenters. The number of benzene rings is 2. The number of hydrogen-bond donors (Lipinski definition) is 1. The Morgan fingerprint density at radius 2 is 1.52 bits per heavy atom. The van der Waals surface area contributed by atoms with Crippen molar-refractivity contribution in [2.75, 3.05) is 31.1 Å². The molecule has 4 rings (SSSR count). The van der Waals surface area contributed by atoms with Crippen molar-refractivity contribution in [1.82, 2.24) is 4.90 Å². The summed E-state index contributed by atoms with van der Waals surface area (Å²) in [5.41, 5.74) is 4.47. The Balaban J connectivity index is 1.27. The van der Waals surface area contributed by atoms with Crippen LogP contribution < -0.4 is 4.90 Å². The predicted molar refractivity (Wildman–Crippen MR) is 114 cm³/mol. The molecule has 0 saturated carbocycles. The van der Waals surface area contributed by atoms with Crippen LogP contribution in [-0.2, 0) is 17.6 Å². The molecule has 1 fully saturated rings. The van der Waals surface area contributed by atoms with Crippen molar-refractivity contribution in [2.45, 2.75) is 38.5 Å². The lowest BCUT2D eigenvalue weighted by Gasteiger charge is -2.36. The molecule has 0 atom stereocenters. The highest BCUT2D eigenvalue weighted by atomic mass is 16.3. The van der Waals surface area contributed by atoms with Gasteiger partial charge in [-0.2, -0.15) is 0 Å². The summed E-state index contributed by atoms with van der Waals surface area (Å²) in [5.74, 6) is 0.377. The van der Waals surface area contributed by atoms with Crippen molar-refractivity contribution in [2.24, 2.45) is 0 Å². The number of rotatable bonds is 5. The first kappa shape index (κ1) is 19.5. The van der Waals surface area contributed by atoms with Crippen LogP contribution >= 0.6 is 0 Å². The Morgan fingerprint density at radius 3 is 2.24 bits per heavy atom. The van der Waals surface area contributed by atoms with Gasteiger partial charge in [0.05, 0.1) is 0 Å². The fraction of sp³-hybridized carbons (Fsp3) is 0.417. The van der Waals surface area contributed by atoms with Crippen molar-refractivity contribution in [1.29, 1.82) is 0 Å². The van der Waals surface area contributed by atoms with Gasteiger partial charge in [-0.1, -0.05) is 12.1 Å². The zero-order valence-electron chi connectivity index (χ0n) is 16.8. The third-order valence-electron chi connectivity index (χ3n) is 6.08. The molecule has 2 aliphatic rings. The molecule has 0 radical (unpaired) electrons. The van der Waals surface area contributed by atoms with E-state index in [9.17, 15) is 14.7 Å². The lowest BCUT2D eigenvalue weighted by molar-refractivity contribution is -0.131. The molecular weight excluding hydrogens is 364 g/mol. The third kappa shape index (κ3) is 4.61. The Hall–Kier alpha value is -2.82. The first-order chi connectivity index (χ1) is 14.1. The Morgan fingerprint density at radius 1 is 0.828 bits per heavy atom. The Bertz CT molecular complexity index is 883. The molecule has 5 nitrogen and oxygen atoms in total. The second kappa shape index (κ2) is 8.68. The van der Waals surface area contributed by atoms with Crippen LogP contribution in [0.5, 0.6) is 5.75 Å². The van der Waals surface area contributed by atoms with Crippen LogP contribution in [0, 0.1) is 0 Å². The second-order valence-electron chi connectivity index (χ2n) is 8.00. The SMILES string of the molecule is O=C(CCC(=O)N1CCN(c2ccc(O)cc2)CC1)c1ccc2c(c1)CCCC2. The van der Waals surface area contributed by atoms with Crippen LogP contribution in [0.25, 0.3) is 0 Å². The maximum Gasteiger partial charge on any atom is 0.223 e. The molecule has 1 amide bonds. The van der Waals surface area contributed by atoms with Crippen molar-refractivity contribution in [3.63, 3.8) is 0 Å². The average Bonchev–Trinajstić information content (AvgIpc) is 2.77. The van der Waals surface area contributed by atoms with Crippen LogP contribution in [0.4, 0.5) is 5.69 Å². The first-order valence-electron chi connectivity index (χ1n) is 10.6. The molecule has 1 saturated heterocycles. The topological polar surface area (TPSA) is 60.9 Å². The van der Waals surface area contributed by atoms with Gasteiger partial charge < -0.3 is 14.9 Å². The number of amides is 1. The maximum atomic E-state index is 12.6. The van der Waals surface area contributed by atoms with Gasteiger partial charge in [0, 0.05) is 50.3 Å². The van der Waals surface area contributed by atoms with E-state index in [4.69, 9.17) is 0 Å². The number of Topliss-reactive ketones (excluding diaryl/α,β-unsaturated/α-hetero) is 1. The van der Waals surface area contributed by atoms with E-state index in [0.717, 1.165) is 37.2 Å². The van der Waals surface area contributed by atoms with E-state index in [1.807, 2.05) is 29.2 Å². The van der Waals surface area contributed by atoms with Gasteiger partial charge in [0.2, 0.25) is 5.91 Å². The molecule has 1 heterocycles. The maximum absolute atomic E-state index is 12.6. The van der Waals surface area contributed by atoms with Gasteiger partial charge >= 0.3 is 0 Å². The summed E-state index contributed by atoms with van der Waals surface area (Å²) < 4.78 is 0. The van der Waals surface area contributed by atoms with Gasteiger partial charge in [-0.15, -0.1) is 0 Å². The fourth-order valence-electron chi connectivity index (χ4n) is 4.31. The molecule has 29 heavy (non-hydrogen) atoms. The number of phenols is 1. The Labute approximate surface area is 171 Å². The van der Waals surface area contributed by atoms with Crippen LogP contribution in [0.3, 0.4) is 0 Å². The summed E-state index contributed by atoms with van der Waals surface area (Å²) in [7, 11) is 0. The van der Waals surface area contributed by atoms with E-state index in [1.54, 1.807) is 12.1 Å². The zero-order valence-corrected chi connectivity index (χ0v) is 16.8. The van der Waals surface area contributed by atoms with E-state index in [0.29, 0.717) is 13.1 Å². The number of carbonyl (C=O) groups is 2. The van der Waals surface area contributed by atoms with Gasteiger partial charge in [0.15, 0.2) is 5.78 Å². The summed E-state index contributed by atoms with van der Waals surface area (Å²) in [4.78, 5) is 29.2. The van der Waals surface area contributed by atoms with Crippen LogP contribution in [-0.4, -0.2) is 47.9 Å². The van der Waals surface area contributed by atoms with Crippen LogP contribution in [0.15, 0.2) is 42.5 Å². The van der Waals surface area contributed by atoms with Gasteiger partial charge in [-0.25, -0.2) is 0 Å². The molecule has 1 N–H and O–H groups in total. The molecular formula is C24H28N2O3. The van der Waals surface area contributed by atoms with E-state index in [-0.39, 0.29) is 30.3 Å². The largest absolute Gasteiger partial charge is 0.508 e. The van der Waals surface area contributed by atoms with E-state index >= 15 is 0 Å². The number of phenolic OH excluding ortho intramolecular Hbond substituents is 1.